The van der Waals surface area contributed by atoms with Crippen LogP contribution >= 0.6 is 31.9 Å². The van der Waals surface area contributed by atoms with E-state index in [4.69, 9.17) is 4.42 Å². The van der Waals surface area contributed by atoms with Crippen LogP contribution in [-0.4, -0.2) is 7.05 Å². The Morgan fingerprint density at radius 3 is 2.11 bits per heavy atom. The monoisotopic (exact) mass is 371 g/mol. The van der Waals surface area contributed by atoms with Gasteiger partial charge in [0.1, 0.15) is 11.5 Å². The summed E-state index contributed by atoms with van der Waals surface area (Å²) in [6.45, 7) is 3.97. The zero-order chi connectivity index (χ0) is 13.3. The van der Waals surface area contributed by atoms with Crippen molar-refractivity contribution in [1.82, 2.24) is 5.32 Å². The van der Waals surface area contributed by atoms with E-state index in [1.165, 1.54) is 11.1 Å². The summed E-state index contributed by atoms with van der Waals surface area (Å²) in [7, 11) is 1.96. The molecule has 0 aliphatic heterocycles. The molecule has 0 saturated heterocycles. The summed E-state index contributed by atoms with van der Waals surface area (Å²) in [6.07, 6.45) is 0. The molecule has 0 amide bonds. The number of nitrogens with one attached hydrogen (secondary N) is 1. The minimum absolute atomic E-state index is 0.135. The summed E-state index contributed by atoms with van der Waals surface area (Å²) in [5, 5.41) is 3.34. The van der Waals surface area contributed by atoms with Crippen LogP contribution in [0.15, 0.2) is 37.6 Å². The third-order valence-corrected chi connectivity index (χ3v) is 3.81. The second kappa shape index (κ2) is 5.59. The van der Waals surface area contributed by atoms with Crippen LogP contribution in [0.3, 0.4) is 0 Å². The molecule has 0 saturated carbocycles. The van der Waals surface area contributed by atoms with Crippen LogP contribution < -0.4 is 5.32 Å². The molecule has 1 aromatic heterocycles. The van der Waals surface area contributed by atoms with Gasteiger partial charge >= 0.3 is 0 Å². The minimum Gasteiger partial charge on any atom is -0.466 e. The van der Waals surface area contributed by atoms with Crippen molar-refractivity contribution < 1.29 is 4.42 Å². The first-order valence-corrected chi connectivity index (χ1v) is 7.30. The van der Waals surface area contributed by atoms with Crippen molar-refractivity contribution in [3.63, 3.8) is 0 Å². The zero-order valence-electron chi connectivity index (χ0n) is 10.6. The van der Waals surface area contributed by atoms with E-state index in [2.05, 4.69) is 55.4 Å². The number of benzene rings is 1. The number of hydrogen-bond donors (Lipinski definition) is 1. The van der Waals surface area contributed by atoms with E-state index in [0.29, 0.717) is 0 Å². The highest BCUT2D eigenvalue weighted by molar-refractivity contribution is 9.11. The summed E-state index contributed by atoms with van der Waals surface area (Å²) in [4.78, 5) is 0. The van der Waals surface area contributed by atoms with Crippen LogP contribution in [0, 0.1) is 13.8 Å². The first-order chi connectivity index (χ1) is 8.51. The number of furan rings is 1. The first kappa shape index (κ1) is 13.8. The minimum atomic E-state index is 0.135. The maximum Gasteiger partial charge on any atom is 0.106 e. The summed E-state index contributed by atoms with van der Waals surface area (Å²) in [6, 6.07) is 8.49. The molecule has 0 aliphatic rings. The van der Waals surface area contributed by atoms with Crippen molar-refractivity contribution in [2.24, 2.45) is 0 Å². The van der Waals surface area contributed by atoms with Crippen molar-refractivity contribution in [2.45, 2.75) is 19.9 Å². The number of rotatable bonds is 3. The van der Waals surface area contributed by atoms with Crippen molar-refractivity contribution >= 4 is 31.9 Å². The Bertz CT molecular complexity index is 543. The molecule has 1 heterocycles. The highest BCUT2D eigenvalue weighted by Gasteiger charge is 2.18. The van der Waals surface area contributed by atoms with Gasteiger partial charge in [-0.2, -0.15) is 0 Å². The van der Waals surface area contributed by atoms with Crippen molar-refractivity contribution in [1.29, 1.82) is 0 Å². The van der Waals surface area contributed by atoms with E-state index < -0.39 is 0 Å². The molecule has 2 rings (SSSR count). The Kier molecular flexibility index (Phi) is 4.30. The van der Waals surface area contributed by atoms with Crippen LogP contribution in [0.5, 0.6) is 0 Å². The zero-order valence-corrected chi connectivity index (χ0v) is 13.7. The van der Waals surface area contributed by atoms with E-state index in [-0.39, 0.29) is 6.04 Å². The van der Waals surface area contributed by atoms with Gasteiger partial charge in [0.05, 0.1) is 6.04 Å². The van der Waals surface area contributed by atoms with Gasteiger partial charge in [-0.3, -0.25) is 0 Å². The molecule has 1 atom stereocenters. The molecule has 18 heavy (non-hydrogen) atoms. The molecular formula is C14H15Br2NO. The lowest BCUT2D eigenvalue weighted by atomic mass is 9.99. The molecule has 4 heteroatoms. The van der Waals surface area contributed by atoms with E-state index in [0.717, 1.165) is 20.5 Å². The Morgan fingerprint density at radius 1 is 1.06 bits per heavy atom. The lowest BCUT2D eigenvalue weighted by Crippen LogP contribution is -2.17. The van der Waals surface area contributed by atoms with Crippen molar-refractivity contribution in [3.05, 3.63) is 55.9 Å². The lowest BCUT2D eigenvalue weighted by Gasteiger charge is -2.17. The standard InChI is InChI=1S/C14H15Br2NO/c1-8-4-13(9(2)18-8)14(17-3)10-5-11(15)7-12(16)6-10/h4-7,14,17H,1-3H3. The first-order valence-electron chi connectivity index (χ1n) is 5.71. The van der Waals surface area contributed by atoms with Gasteiger partial charge in [0.2, 0.25) is 0 Å². The quantitative estimate of drug-likeness (QED) is 0.842. The fourth-order valence-corrected chi connectivity index (χ4v) is 3.51. The molecular weight excluding hydrogens is 358 g/mol. The van der Waals surface area contributed by atoms with Crippen LogP contribution in [0.4, 0.5) is 0 Å². The van der Waals surface area contributed by atoms with Gasteiger partial charge in [0.25, 0.3) is 0 Å². The molecule has 2 nitrogen and oxygen atoms in total. The van der Waals surface area contributed by atoms with Gasteiger partial charge in [-0.1, -0.05) is 31.9 Å². The molecule has 1 aromatic carbocycles. The number of hydrogen-bond acceptors (Lipinski definition) is 2. The largest absolute Gasteiger partial charge is 0.466 e. The van der Waals surface area contributed by atoms with Gasteiger partial charge in [-0.25, -0.2) is 0 Å². The third-order valence-electron chi connectivity index (χ3n) is 2.90. The van der Waals surface area contributed by atoms with Crippen LogP contribution in [0.2, 0.25) is 0 Å². The molecule has 0 fully saturated rings. The molecule has 0 aliphatic carbocycles. The highest BCUT2D eigenvalue weighted by Crippen LogP contribution is 2.30. The Morgan fingerprint density at radius 2 is 1.67 bits per heavy atom. The van der Waals surface area contributed by atoms with Crippen LogP contribution in [-0.2, 0) is 0 Å². The SMILES string of the molecule is CNC(c1cc(Br)cc(Br)c1)c1cc(C)oc1C. The van der Waals surface area contributed by atoms with Gasteiger partial charge in [-0.05, 0) is 50.7 Å². The summed E-state index contributed by atoms with van der Waals surface area (Å²) in [5.74, 6) is 1.90. The van der Waals surface area contributed by atoms with Crippen LogP contribution in [0.25, 0.3) is 0 Å². The second-order valence-electron chi connectivity index (χ2n) is 4.29. The topological polar surface area (TPSA) is 25.2 Å². The predicted octanol–water partition coefficient (Wildman–Crippen LogP) is 4.73. The Balaban J connectivity index is 2.48. The molecule has 0 radical (unpaired) electrons. The van der Waals surface area contributed by atoms with Gasteiger partial charge in [0, 0.05) is 14.5 Å². The molecule has 0 spiro atoms. The van der Waals surface area contributed by atoms with E-state index in [1.807, 2.05) is 27.0 Å². The third kappa shape index (κ3) is 2.87. The number of halogens is 2. The maximum atomic E-state index is 5.62. The molecule has 96 valence electrons. The predicted molar refractivity (Wildman–Crippen MR) is 80.9 cm³/mol. The second-order valence-corrected chi connectivity index (χ2v) is 6.12. The molecule has 2 aromatic rings. The van der Waals surface area contributed by atoms with Crippen molar-refractivity contribution in [2.75, 3.05) is 7.05 Å². The average molecular weight is 373 g/mol. The summed E-state index contributed by atoms with van der Waals surface area (Å²) >= 11 is 7.05. The van der Waals surface area contributed by atoms with Gasteiger partial charge < -0.3 is 9.73 Å². The van der Waals surface area contributed by atoms with Crippen molar-refractivity contribution in [3.8, 4) is 0 Å². The van der Waals surface area contributed by atoms with Gasteiger partial charge in [-0.15, -0.1) is 0 Å². The number of aryl methyl sites for hydroxylation is 2. The summed E-state index contributed by atoms with van der Waals surface area (Å²) < 4.78 is 7.74. The van der Waals surface area contributed by atoms with E-state index in [9.17, 15) is 0 Å². The molecule has 1 N–H and O–H groups in total. The highest BCUT2D eigenvalue weighted by atomic mass is 79.9. The molecule has 0 bridgehead atoms. The van der Waals surface area contributed by atoms with Crippen LogP contribution in [0.1, 0.15) is 28.7 Å². The summed E-state index contributed by atoms with van der Waals surface area (Å²) in [5.41, 5.74) is 2.38. The normalized spacial score (nSPS) is 12.7. The van der Waals surface area contributed by atoms with Gasteiger partial charge in [0.15, 0.2) is 0 Å². The van der Waals surface area contributed by atoms with E-state index in [1.54, 1.807) is 0 Å². The fourth-order valence-electron chi connectivity index (χ4n) is 2.18. The van der Waals surface area contributed by atoms with E-state index >= 15 is 0 Å². The smallest absolute Gasteiger partial charge is 0.106 e. The molecule has 1 unspecified atom stereocenters. The maximum absolute atomic E-state index is 5.62. The Hall–Kier alpha value is -0.580. The average Bonchev–Trinajstić information content (AvgIpc) is 2.58. The lowest BCUT2D eigenvalue weighted by molar-refractivity contribution is 0.497. The fraction of sp³-hybridized carbons (Fsp3) is 0.286. The Labute approximate surface area is 124 Å².